The molecule has 0 amide bonds. The molecule has 5 nitrogen and oxygen atoms in total. The summed E-state index contributed by atoms with van der Waals surface area (Å²) in [5.74, 6) is 1.27. The predicted molar refractivity (Wildman–Crippen MR) is 103 cm³/mol. The topological polar surface area (TPSA) is 58.8 Å². The van der Waals surface area contributed by atoms with Crippen molar-refractivity contribution in [1.29, 1.82) is 0 Å². The van der Waals surface area contributed by atoms with Gasteiger partial charge in [0.25, 0.3) is 0 Å². The Bertz CT molecular complexity index is 606. The molecule has 0 fully saturated rings. The molecule has 1 aromatic heterocycles. The molecule has 7 heteroatoms. The number of nitrogens with zero attached hydrogens (tertiary/aromatic N) is 1. The summed E-state index contributed by atoms with van der Waals surface area (Å²) in [5, 5.41) is 6.33. The number of nitrogens with one attached hydrogen (secondary N) is 2. The van der Waals surface area contributed by atoms with Crippen LogP contribution < -0.4 is 10.6 Å². The lowest BCUT2D eigenvalue weighted by Crippen LogP contribution is -2.37. The maximum Gasteiger partial charge on any atom is 0.191 e. The summed E-state index contributed by atoms with van der Waals surface area (Å²) in [5.41, 5.74) is 0.870. The van der Waals surface area contributed by atoms with Gasteiger partial charge in [0.05, 0.1) is 6.26 Å². The molecule has 0 saturated heterocycles. The second kappa shape index (κ2) is 11.9. The first-order chi connectivity index (χ1) is 11.3. The van der Waals surface area contributed by atoms with Crippen LogP contribution in [0.25, 0.3) is 0 Å². The molecular weight excluding hydrogens is 424 g/mol. The number of rotatable bonds is 8. The van der Waals surface area contributed by atoms with E-state index in [-0.39, 0.29) is 29.8 Å². The van der Waals surface area contributed by atoms with Crippen molar-refractivity contribution >= 4 is 29.9 Å². The Kier molecular flexibility index (Phi) is 10.1. The molecule has 0 bridgehead atoms. The van der Waals surface area contributed by atoms with Crippen LogP contribution in [0.2, 0.25) is 0 Å². The van der Waals surface area contributed by atoms with E-state index < -0.39 is 0 Å². The molecule has 0 aliphatic heterocycles. The van der Waals surface area contributed by atoms with Crippen LogP contribution in [0, 0.1) is 5.82 Å². The third-order valence-electron chi connectivity index (χ3n) is 3.15. The number of ether oxygens (including phenoxy) is 1. The molecule has 1 aromatic carbocycles. The number of aliphatic imine (C=N–C) groups is 1. The summed E-state index contributed by atoms with van der Waals surface area (Å²) in [6.07, 6.45) is 2.48. The van der Waals surface area contributed by atoms with Gasteiger partial charge in [0.1, 0.15) is 18.2 Å². The molecule has 0 spiro atoms. The van der Waals surface area contributed by atoms with E-state index in [1.165, 1.54) is 12.1 Å². The molecular formula is C17H23FIN3O2. The van der Waals surface area contributed by atoms with Crippen molar-refractivity contribution in [3.8, 4) is 0 Å². The van der Waals surface area contributed by atoms with Crippen molar-refractivity contribution in [2.75, 3.05) is 20.2 Å². The van der Waals surface area contributed by atoms with Gasteiger partial charge in [0.15, 0.2) is 5.96 Å². The molecule has 0 aliphatic carbocycles. The molecule has 2 N–H and O–H groups in total. The molecule has 132 valence electrons. The van der Waals surface area contributed by atoms with Gasteiger partial charge in [0, 0.05) is 26.7 Å². The molecule has 0 aliphatic rings. The maximum absolute atomic E-state index is 13.1. The van der Waals surface area contributed by atoms with Crippen molar-refractivity contribution in [1.82, 2.24) is 10.6 Å². The van der Waals surface area contributed by atoms with Crippen LogP contribution in [0.5, 0.6) is 0 Å². The van der Waals surface area contributed by atoms with Crippen molar-refractivity contribution in [2.45, 2.75) is 19.6 Å². The molecule has 2 aromatic rings. The number of halogens is 2. The quantitative estimate of drug-likeness (QED) is 0.282. The Hall–Kier alpha value is -1.61. The highest BCUT2D eigenvalue weighted by Gasteiger charge is 2.00. The Balaban J connectivity index is 0.00000288. The Morgan fingerprint density at radius 2 is 2.12 bits per heavy atom. The standard InChI is InChI=1S/C17H22FN3O2.HI/c1-19-17(21-12-14-5-2-6-15(18)11-14)20-8-4-9-22-13-16-7-3-10-23-16;/h2-3,5-7,10-11H,4,8-9,12-13H2,1H3,(H2,19,20,21);1H. The highest BCUT2D eigenvalue weighted by Crippen LogP contribution is 2.03. The fourth-order valence-corrected chi connectivity index (χ4v) is 2.00. The van der Waals surface area contributed by atoms with Crippen LogP contribution in [0.3, 0.4) is 0 Å². The first-order valence-corrected chi connectivity index (χ1v) is 7.57. The van der Waals surface area contributed by atoms with E-state index in [4.69, 9.17) is 9.15 Å². The van der Waals surface area contributed by atoms with E-state index in [0.29, 0.717) is 25.7 Å². The number of furan rings is 1. The van der Waals surface area contributed by atoms with E-state index in [0.717, 1.165) is 24.3 Å². The normalized spacial score (nSPS) is 11.0. The summed E-state index contributed by atoms with van der Waals surface area (Å²) in [6, 6.07) is 10.2. The molecule has 0 radical (unpaired) electrons. The van der Waals surface area contributed by atoms with Gasteiger partial charge in [-0.15, -0.1) is 24.0 Å². The van der Waals surface area contributed by atoms with E-state index >= 15 is 0 Å². The van der Waals surface area contributed by atoms with Crippen LogP contribution in [0.1, 0.15) is 17.7 Å². The van der Waals surface area contributed by atoms with Gasteiger partial charge in [-0.2, -0.15) is 0 Å². The Labute approximate surface area is 158 Å². The van der Waals surface area contributed by atoms with Crippen LogP contribution in [-0.4, -0.2) is 26.2 Å². The van der Waals surface area contributed by atoms with Crippen LogP contribution in [0.4, 0.5) is 4.39 Å². The molecule has 0 atom stereocenters. The first-order valence-electron chi connectivity index (χ1n) is 7.57. The summed E-state index contributed by atoms with van der Waals surface area (Å²) in [6.45, 7) is 2.38. The highest BCUT2D eigenvalue weighted by molar-refractivity contribution is 14.0. The van der Waals surface area contributed by atoms with Gasteiger partial charge in [-0.05, 0) is 36.2 Å². The Morgan fingerprint density at radius 3 is 2.83 bits per heavy atom. The molecule has 24 heavy (non-hydrogen) atoms. The molecule has 2 rings (SSSR count). The largest absolute Gasteiger partial charge is 0.467 e. The van der Waals surface area contributed by atoms with Gasteiger partial charge in [-0.1, -0.05) is 12.1 Å². The second-order valence-electron chi connectivity index (χ2n) is 4.97. The lowest BCUT2D eigenvalue weighted by molar-refractivity contribution is 0.105. The second-order valence-corrected chi connectivity index (χ2v) is 4.97. The van der Waals surface area contributed by atoms with Gasteiger partial charge < -0.3 is 19.8 Å². The number of guanidine groups is 1. The van der Waals surface area contributed by atoms with Gasteiger partial charge in [-0.3, -0.25) is 4.99 Å². The zero-order valence-corrected chi connectivity index (χ0v) is 16.0. The summed E-state index contributed by atoms with van der Waals surface area (Å²) in [7, 11) is 1.70. The van der Waals surface area contributed by atoms with E-state index in [9.17, 15) is 4.39 Å². The third kappa shape index (κ3) is 7.78. The fourth-order valence-electron chi connectivity index (χ4n) is 2.00. The summed E-state index contributed by atoms with van der Waals surface area (Å²) < 4.78 is 23.8. The minimum atomic E-state index is -0.235. The molecule has 0 saturated carbocycles. The fraction of sp³-hybridized carbons (Fsp3) is 0.353. The number of hydrogen-bond donors (Lipinski definition) is 2. The van der Waals surface area contributed by atoms with Crippen molar-refractivity contribution in [2.24, 2.45) is 4.99 Å². The smallest absolute Gasteiger partial charge is 0.191 e. The number of benzene rings is 1. The minimum Gasteiger partial charge on any atom is -0.467 e. The van der Waals surface area contributed by atoms with Gasteiger partial charge in [-0.25, -0.2) is 4.39 Å². The van der Waals surface area contributed by atoms with Crippen LogP contribution in [-0.2, 0) is 17.9 Å². The average molecular weight is 447 g/mol. The third-order valence-corrected chi connectivity index (χ3v) is 3.15. The maximum atomic E-state index is 13.1. The lowest BCUT2D eigenvalue weighted by atomic mass is 10.2. The Morgan fingerprint density at radius 1 is 1.25 bits per heavy atom. The van der Waals surface area contributed by atoms with Gasteiger partial charge in [0.2, 0.25) is 0 Å². The van der Waals surface area contributed by atoms with E-state index in [1.54, 1.807) is 19.4 Å². The molecule has 0 unspecified atom stereocenters. The summed E-state index contributed by atoms with van der Waals surface area (Å²) in [4.78, 5) is 4.13. The minimum absolute atomic E-state index is 0. The number of hydrogen-bond acceptors (Lipinski definition) is 3. The zero-order valence-electron chi connectivity index (χ0n) is 13.6. The molecule has 1 heterocycles. The zero-order chi connectivity index (χ0) is 16.3. The monoisotopic (exact) mass is 447 g/mol. The summed E-state index contributed by atoms with van der Waals surface area (Å²) >= 11 is 0. The first kappa shape index (κ1) is 20.4. The van der Waals surface area contributed by atoms with E-state index in [1.807, 2.05) is 18.2 Å². The highest BCUT2D eigenvalue weighted by atomic mass is 127. The SMILES string of the molecule is CN=C(NCCCOCc1ccco1)NCc1cccc(F)c1.I. The van der Waals surface area contributed by atoms with Crippen LogP contribution in [0.15, 0.2) is 52.1 Å². The van der Waals surface area contributed by atoms with E-state index in [2.05, 4.69) is 15.6 Å². The average Bonchev–Trinajstić information content (AvgIpc) is 3.07. The van der Waals surface area contributed by atoms with Crippen molar-refractivity contribution in [3.05, 3.63) is 59.8 Å². The lowest BCUT2D eigenvalue weighted by Gasteiger charge is -2.12. The van der Waals surface area contributed by atoms with Crippen LogP contribution >= 0.6 is 24.0 Å². The van der Waals surface area contributed by atoms with Crippen molar-refractivity contribution in [3.63, 3.8) is 0 Å². The van der Waals surface area contributed by atoms with Gasteiger partial charge >= 0.3 is 0 Å². The van der Waals surface area contributed by atoms with Crippen molar-refractivity contribution < 1.29 is 13.5 Å². The predicted octanol–water partition coefficient (Wildman–Crippen LogP) is 3.31.